The van der Waals surface area contributed by atoms with E-state index in [1.165, 1.54) is 5.48 Å². The minimum absolute atomic E-state index is 0.00928. The van der Waals surface area contributed by atoms with Gasteiger partial charge in [0.1, 0.15) is 0 Å². The molecule has 0 aromatic carbocycles. The first-order valence-electron chi connectivity index (χ1n) is 3.82. The summed E-state index contributed by atoms with van der Waals surface area (Å²) < 4.78 is 0. The molecule has 0 fully saturated rings. The van der Waals surface area contributed by atoms with E-state index < -0.39 is 24.0 Å². The number of hydrogen-bond donors (Lipinski definition) is 4. The van der Waals surface area contributed by atoms with E-state index >= 15 is 0 Å². The van der Waals surface area contributed by atoms with Crippen molar-refractivity contribution in [2.75, 3.05) is 0 Å². The second kappa shape index (κ2) is 8.06. The van der Waals surface area contributed by atoms with E-state index in [1.807, 2.05) is 0 Å². The van der Waals surface area contributed by atoms with Gasteiger partial charge in [-0.3, -0.25) is 0 Å². The average Bonchev–Trinajstić information content (AvgIpc) is 2.16. The number of aliphatic carboxylic acids is 2. The number of hydroxylamine groups is 1. The van der Waals surface area contributed by atoms with Crippen LogP contribution in [-0.2, 0) is 9.59 Å². The van der Waals surface area contributed by atoms with Gasteiger partial charge in [0, 0.05) is 0 Å². The van der Waals surface area contributed by atoms with Crippen LogP contribution in [0, 0.1) is 5.21 Å². The summed E-state index contributed by atoms with van der Waals surface area (Å²) in [4.78, 5) is 20.7. The summed E-state index contributed by atoms with van der Waals surface area (Å²) in [6, 6.07) is -1.96. The minimum atomic E-state index is -1.18. The third-order valence-corrected chi connectivity index (χ3v) is 8.48. The summed E-state index contributed by atoms with van der Waals surface area (Å²) in [5, 5.41) is 27.8. The molecule has 0 aromatic rings. The van der Waals surface area contributed by atoms with Crippen LogP contribution in [-0.4, -0.2) is 60.5 Å². The Bertz CT molecular complexity index is 228. The topological polar surface area (TPSA) is 136 Å². The van der Waals surface area contributed by atoms with E-state index in [4.69, 9.17) is 15.9 Å². The van der Waals surface area contributed by atoms with Crippen molar-refractivity contribution in [3.05, 3.63) is 5.21 Å². The van der Waals surface area contributed by atoms with E-state index in [0.29, 0.717) is 5.32 Å². The van der Waals surface area contributed by atoms with Gasteiger partial charge in [-0.05, 0) is 0 Å². The average molecular weight is 349 g/mol. The zero-order valence-electron chi connectivity index (χ0n) is 7.58. The number of nitrogens with two attached hydrogens (primary N) is 1. The van der Waals surface area contributed by atoms with Gasteiger partial charge in [0.2, 0.25) is 0 Å². The van der Waals surface area contributed by atoms with Gasteiger partial charge in [0.05, 0.1) is 0 Å². The normalized spacial score (nSPS) is 14.5. The molecule has 0 spiro atoms. The zero-order valence-corrected chi connectivity index (χ0v) is 11.0. The predicted octanol–water partition coefficient (Wildman–Crippen LogP) is -1.90. The van der Waals surface area contributed by atoms with E-state index in [1.54, 1.807) is 0 Å². The van der Waals surface area contributed by atoms with Crippen LogP contribution < -0.4 is 11.2 Å². The predicted molar refractivity (Wildman–Crippen MR) is 54.7 cm³/mol. The third-order valence-electron chi connectivity index (χ3n) is 1.32. The fourth-order valence-electron chi connectivity index (χ4n) is 0.465. The Kier molecular flexibility index (Phi) is 7.99. The molecule has 0 amide bonds. The number of rotatable bonds is 8. The monoisotopic (exact) mass is 351 g/mol. The number of carbonyl (C=O) groups is 2. The molecular formula is C6H11N2O5Se2-. The summed E-state index contributed by atoms with van der Waals surface area (Å²) in [7, 11) is 0. The first-order valence-corrected chi connectivity index (χ1v) is 10.6. The molecule has 0 aromatic heterocycles. The molecule has 0 saturated carbocycles. The summed E-state index contributed by atoms with van der Waals surface area (Å²) in [5.41, 5.74) is 6.70. The summed E-state index contributed by atoms with van der Waals surface area (Å²) in [6.45, 7) is 0. The Labute approximate surface area is 97.2 Å². The molecule has 0 bridgehead atoms. The molecule has 0 rings (SSSR count). The standard InChI is InChI=1S/C6H11N2O5Se2/c7-3(5(9)10)1-14-15-2-4(8-13)6(11)12/h3-4,8H,1-2,7H2,(H,9,10)(H,11,12)/q-1/t3-,4-/m0/s1. The van der Waals surface area contributed by atoms with Gasteiger partial charge in [0.25, 0.3) is 0 Å². The van der Waals surface area contributed by atoms with Crippen LogP contribution in [0.25, 0.3) is 0 Å². The molecule has 0 aliphatic rings. The molecule has 9 heteroatoms. The molecular weight excluding hydrogens is 338 g/mol. The molecule has 5 N–H and O–H groups in total. The maximum atomic E-state index is 10.4. The summed E-state index contributed by atoms with van der Waals surface area (Å²) in [5.74, 6) is -2.23. The first kappa shape index (κ1) is 14.9. The SMILES string of the molecule is N[C@@H](C[Se][Se]C[C@H](N[O-])C(=O)O)C(=O)O. The van der Waals surface area contributed by atoms with Crippen LogP contribution in [0.1, 0.15) is 0 Å². The van der Waals surface area contributed by atoms with Crippen molar-refractivity contribution >= 4 is 38.2 Å². The third kappa shape index (κ3) is 6.86. The van der Waals surface area contributed by atoms with Gasteiger partial charge >= 0.3 is 97.1 Å². The Morgan fingerprint density at radius 1 is 1.27 bits per heavy atom. The van der Waals surface area contributed by atoms with E-state index in [0.717, 1.165) is 0 Å². The summed E-state index contributed by atoms with van der Waals surface area (Å²) in [6.07, 6.45) is 0. The second-order valence-electron chi connectivity index (χ2n) is 2.52. The summed E-state index contributed by atoms with van der Waals surface area (Å²) >= 11 is -0.0180. The Balaban J connectivity index is 3.61. The number of nitrogens with one attached hydrogen (secondary N) is 1. The molecule has 0 unspecified atom stereocenters. The van der Waals surface area contributed by atoms with E-state index in [2.05, 4.69) is 0 Å². The molecule has 0 heterocycles. The van der Waals surface area contributed by atoms with Gasteiger partial charge in [-0.1, -0.05) is 0 Å². The molecule has 88 valence electrons. The maximum absolute atomic E-state index is 10.4. The number of hydrogen-bond acceptors (Lipinski definition) is 5. The van der Waals surface area contributed by atoms with Crippen molar-refractivity contribution in [2.24, 2.45) is 5.73 Å². The van der Waals surface area contributed by atoms with Gasteiger partial charge in [-0.25, -0.2) is 0 Å². The van der Waals surface area contributed by atoms with Crippen LogP contribution >= 0.6 is 0 Å². The van der Waals surface area contributed by atoms with Crippen molar-refractivity contribution in [3.63, 3.8) is 0 Å². The molecule has 0 aliphatic heterocycles. The second-order valence-corrected chi connectivity index (χ2v) is 10.0. The number of carboxylic acids is 2. The number of carboxylic acid groups (broad SMARTS) is 2. The Hall–Kier alpha value is -0.141. The van der Waals surface area contributed by atoms with Crippen molar-refractivity contribution in [3.8, 4) is 0 Å². The van der Waals surface area contributed by atoms with Crippen LogP contribution in [0.15, 0.2) is 0 Å². The molecule has 2 atom stereocenters. The molecule has 0 aliphatic carbocycles. The van der Waals surface area contributed by atoms with Crippen LogP contribution in [0.4, 0.5) is 0 Å². The van der Waals surface area contributed by atoms with Crippen molar-refractivity contribution in [1.29, 1.82) is 0 Å². The first-order chi connectivity index (χ1) is 6.99. The fourth-order valence-corrected chi connectivity index (χ4v) is 7.38. The van der Waals surface area contributed by atoms with Gasteiger partial charge in [-0.15, -0.1) is 0 Å². The van der Waals surface area contributed by atoms with Crippen molar-refractivity contribution < 1.29 is 19.8 Å². The van der Waals surface area contributed by atoms with E-state index in [-0.39, 0.29) is 31.6 Å². The zero-order chi connectivity index (χ0) is 11.8. The van der Waals surface area contributed by atoms with Crippen molar-refractivity contribution in [1.82, 2.24) is 5.48 Å². The van der Waals surface area contributed by atoms with Gasteiger partial charge in [0.15, 0.2) is 0 Å². The van der Waals surface area contributed by atoms with E-state index in [9.17, 15) is 14.8 Å². The quantitative estimate of drug-likeness (QED) is 0.228. The Morgan fingerprint density at radius 2 is 1.80 bits per heavy atom. The fraction of sp³-hybridized carbons (Fsp3) is 0.667. The van der Waals surface area contributed by atoms with Gasteiger partial charge in [-0.2, -0.15) is 0 Å². The van der Waals surface area contributed by atoms with Crippen molar-refractivity contribution in [2.45, 2.75) is 22.7 Å². The molecule has 7 nitrogen and oxygen atoms in total. The molecule has 0 saturated heterocycles. The van der Waals surface area contributed by atoms with Crippen LogP contribution in [0.2, 0.25) is 10.6 Å². The van der Waals surface area contributed by atoms with Gasteiger partial charge < -0.3 is 0 Å². The Morgan fingerprint density at radius 3 is 2.20 bits per heavy atom. The molecule has 0 radical (unpaired) electrons. The van der Waals surface area contributed by atoms with Crippen LogP contribution in [0.3, 0.4) is 0 Å². The van der Waals surface area contributed by atoms with Crippen LogP contribution in [0.5, 0.6) is 0 Å². The molecule has 15 heavy (non-hydrogen) atoms.